The van der Waals surface area contributed by atoms with Crippen molar-refractivity contribution in [2.75, 3.05) is 13.1 Å². The first-order valence-electron chi connectivity index (χ1n) is 6.68. The maximum absolute atomic E-state index is 5.91. The van der Waals surface area contributed by atoms with Crippen LogP contribution in [0.4, 0.5) is 0 Å². The Morgan fingerprint density at radius 3 is 2.29 bits per heavy atom. The highest BCUT2D eigenvalue weighted by Gasteiger charge is 2.17. The van der Waals surface area contributed by atoms with Gasteiger partial charge in [0.15, 0.2) is 0 Å². The minimum atomic E-state index is 0.500. The molecule has 0 aliphatic carbocycles. The van der Waals surface area contributed by atoms with Gasteiger partial charge in [0.25, 0.3) is 0 Å². The fraction of sp³-hybridized carbons (Fsp3) is 0.600. The lowest BCUT2D eigenvalue weighted by Gasteiger charge is -2.33. The van der Waals surface area contributed by atoms with E-state index in [0.29, 0.717) is 12.1 Å². The van der Waals surface area contributed by atoms with Crippen molar-refractivity contribution in [2.45, 2.75) is 45.7 Å². The van der Waals surface area contributed by atoms with Gasteiger partial charge in [0.2, 0.25) is 0 Å². The quantitative estimate of drug-likeness (QED) is 0.786. The number of benzene rings is 1. The van der Waals surface area contributed by atoms with Gasteiger partial charge in [0.05, 0.1) is 0 Å². The molecule has 0 bridgehead atoms. The van der Waals surface area contributed by atoms with Crippen molar-refractivity contribution in [1.29, 1.82) is 0 Å². The molecular weight excluding hydrogens is 208 g/mol. The zero-order valence-electron chi connectivity index (χ0n) is 11.4. The van der Waals surface area contributed by atoms with Crippen LogP contribution < -0.4 is 5.73 Å². The zero-order chi connectivity index (χ0) is 12.7. The van der Waals surface area contributed by atoms with Crippen LogP contribution in [0.25, 0.3) is 0 Å². The molecule has 0 heterocycles. The first kappa shape index (κ1) is 14.2. The van der Waals surface area contributed by atoms with Crippen LogP contribution in [0, 0.1) is 0 Å². The molecule has 0 amide bonds. The average molecular weight is 234 g/mol. The molecular formula is C15H26N2. The number of hydrogen-bond acceptors (Lipinski definition) is 2. The number of hydrogen-bond donors (Lipinski definition) is 1. The first-order chi connectivity index (χ1) is 8.19. The molecule has 0 spiro atoms. The Morgan fingerprint density at radius 2 is 1.82 bits per heavy atom. The maximum Gasteiger partial charge on any atom is 0.0224 e. The third-order valence-corrected chi connectivity index (χ3v) is 3.38. The Balaban J connectivity index is 2.52. The van der Waals surface area contributed by atoms with Gasteiger partial charge in [-0.3, -0.25) is 4.90 Å². The van der Waals surface area contributed by atoms with Crippen LogP contribution in [0.2, 0.25) is 0 Å². The van der Waals surface area contributed by atoms with E-state index in [2.05, 4.69) is 56.0 Å². The Hall–Kier alpha value is -0.860. The fourth-order valence-corrected chi connectivity index (χ4v) is 2.44. The smallest absolute Gasteiger partial charge is 0.0224 e. The van der Waals surface area contributed by atoms with E-state index in [1.54, 1.807) is 0 Å². The molecule has 0 aromatic heterocycles. The SMILES string of the molecule is CCN(C(C)C)C(CN)CCc1ccccc1. The summed E-state index contributed by atoms with van der Waals surface area (Å²) in [5.41, 5.74) is 7.32. The summed E-state index contributed by atoms with van der Waals surface area (Å²) < 4.78 is 0. The summed E-state index contributed by atoms with van der Waals surface area (Å²) in [6, 6.07) is 11.7. The molecule has 17 heavy (non-hydrogen) atoms. The second kappa shape index (κ2) is 7.46. The van der Waals surface area contributed by atoms with E-state index in [0.717, 1.165) is 25.9 Å². The van der Waals surface area contributed by atoms with E-state index < -0.39 is 0 Å². The van der Waals surface area contributed by atoms with Gasteiger partial charge in [-0.2, -0.15) is 0 Å². The van der Waals surface area contributed by atoms with Crippen LogP contribution in [0.3, 0.4) is 0 Å². The lowest BCUT2D eigenvalue weighted by molar-refractivity contribution is 0.158. The van der Waals surface area contributed by atoms with Crippen LogP contribution >= 0.6 is 0 Å². The van der Waals surface area contributed by atoms with Crippen molar-refractivity contribution >= 4 is 0 Å². The van der Waals surface area contributed by atoms with Crippen molar-refractivity contribution < 1.29 is 0 Å². The minimum Gasteiger partial charge on any atom is -0.329 e. The van der Waals surface area contributed by atoms with Crippen molar-refractivity contribution in [3.8, 4) is 0 Å². The van der Waals surface area contributed by atoms with E-state index in [-0.39, 0.29) is 0 Å². The minimum absolute atomic E-state index is 0.500. The van der Waals surface area contributed by atoms with Crippen molar-refractivity contribution in [2.24, 2.45) is 5.73 Å². The number of nitrogens with two attached hydrogens (primary N) is 1. The zero-order valence-corrected chi connectivity index (χ0v) is 11.4. The average Bonchev–Trinajstić information content (AvgIpc) is 2.35. The largest absolute Gasteiger partial charge is 0.329 e. The highest BCUT2D eigenvalue weighted by atomic mass is 15.2. The van der Waals surface area contributed by atoms with Crippen LogP contribution in [-0.4, -0.2) is 30.1 Å². The second-order valence-electron chi connectivity index (χ2n) is 4.84. The number of likely N-dealkylation sites (N-methyl/N-ethyl adjacent to an activating group) is 1. The third-order valence-electron chi connectivity index (χ3n) is 3.38. The molecule has 1 atom stereocenters. The molecule has 1 unspecified atom stereocenters. The molecule has 0 aliphatic rings. The van der Waals surface area contributed by atoms with E-state index in [1.807, 2.05) is 0 Å². The van der Waals surface area contributed by atoms with Crippen molar-refractivity contribution in [3.05, 3.63) is 35.9 Å². The molecule has 0 aliphatic heterocycles. The summed E-state index contributed by atoms with van der Waals surface area (Å²) in [6.45, 7) is 8.53. The van der Waals surface area contributed by atoms with Crippen LogP contribution in [0.5, 0.6) is 0 Å². The number of nitrogens with zero attached hydrogens (tertiary/aromatic N) is 1. The maximum atomic E-state index is 5.91. The molecule has 0 radical (unpaired) electrons. The molecule has 1 aromatic carbocycles. The monoisotopic (exact) mass is 234 g/mol. The van der Waals surface area contributed by atoms with Gasteiger partial charge < -0.3 is 5.73 Å². The van der Waals surface area contributed by atoms with E-state index in [4.69, 9.17) is 5.73 Å². The van der Waals surface area contributed by atoms with E-state index >= 15 is 0 Å². The lowest BCUT2D eigenvalue weighted by Crippen LogP contribution is -2.44. The Labute approximate surface area is 106 Å². The molecule has 2 heteroatoms. The summed E-state index contributed by atoms with van der Waals surface area (Å²) in [5, 5.41) is 0. The molecule has 1 rings (SSSR count). The van der Waals surface area contributed by atoms with Crippen molar-refractivity contribution in [1.82, 2.24) is 4.90 Å². The number of aryl methyl sites for hydroxylation is 1. The molecule has 2 N–H and O–H groups in total. The predicted octanol–water partition coefficient (Wildman–Crippen LogP) is 2.68. The van der Waals surface area contributed by atoms with Gasteiger partial charge >= 0.3 is 0 Å². The summed E-state index contributed by atoms with van der Waals surface area (Å²) in [5.74, 6) is 0. The van der Waals surface area contributed by atoms with Gasteiger partial charge in [-0.25, -0.2) is 0 Å². The van der Waals surface area contributed by atoms with Gasteiger partial charge in [0, 0.05) is 18.6 Å². The third kappa shape index (κ3) is 4.49. The van der Waals surface area contributed by atoms with Gasteiger partial charge in [-0.15, -0.1) is 0 Å². The van der Waals surface area contributed by atoms with Crippen LogP contribution in [-0.2, 0) is 6.42 Å². The molecule has 1 aromatic rings. The highest BCUT2D eigenvalue weighted by molar-refractivity contribution is 5.14. The van der Waals surface area contributed by atoms with E-state index in [1.165, 1.54) is 5.56 Å². The molecule has 0 saturated heterocycles. The van der Waals surface area contributed by atoms with Crippen LogP contribution in [0.15, 0.2) is 30.3 Å². The summed E-state index contributed by atoms with van der Waals surface area (Å²) in [4.78, 5) is 2.49. The van der Waals surface area contributed by atoms with E-state index in [9.17, 15) is 0 Å². The summed E-state index contributed by atoms with van der Waals surface area (Å²) in [7, 11) is 0. The topological polar surface area (TPSA) is 29.3 Å². The standard InChI is InChI=1S/C15H26N2/c1-4-17(13(2)3)15(12-16)11-10-14-8-6-5-7-9-14/h5-9,13,15H,4,10-12,16H2,1-3H3. The Morgan fingerprint density at radius 1 is 1.18 bits per heavy atom. The van der Waals surface area contributed by atoms with Crippen LogP contribution in [0.1, 0.15) is 32.8 Å². The molecule has 2 nitrogen and oxygen atoms in total. The molecule has 96 valence electrons. The number of rotatable bonds is 7. The Kier molecular flexibility index (Phi) is 6.23. The molecule has 0 fully saturated rings. The lowest BCUT2D eigenvalue weighted by atomic mass is 10.0. The Bertz CT molecular complexity index is 295. The summed E-state index contributed by atoms with van der Waals surface area (Å²) >= 11 is 0. The fourth-order valence-electron chi connectivity index (χ4n) is 2.44. The van der Waals surface area contributed by atoms with Crippen molar-refractivity contribution in [3.63, 3.8) is 0 Å². The second-order valence-corrected chi connectivity index (χ2v) is 4.84. The van der Waals surface area contributed by atoms with Gasteiger partial charge in [-0.05, 0) is 38.8 Å². The normalized spacial score (nSPS) is 13.3. The highest BCUT2D eigenvalue weighted by Crippen LogP contribution is 2.12. The predicted molar refractivity (Wildman–Crippen MR) is 75.1 cm³/mol. The van der Waals surface area contributed by atoms with Gasteiger partial charge in [-0.1, -0.05) is 37.3 Å². The molecule has 0 saturated carbocycles. The first-order valence-corrected chi connectivity index (χ1v) is 6.68. The summed E-state index contributed by atoms with van der Waals surface area (Å²) in [6.07, 6.45) is 2.26. The van der Waals surface area contributed by atoms with Gasteiger partial charge in [0.1, 0.15) is 0 Å².